The Hall–Kier alpha value is -2.24. The number of rotatable bonds is 4. The van der Waals surface area contributed by atoms with Gasteiger partial charge in [0.25, 0.3) is 5.91 Å². The maximum Gasteiger partial charge on any atom is 0.310 e. The Morgan fingerprint density at radius 1 is 1.32 bits per heavy atom. The highest BCUT2D eigenvalue weighted by Crippen LogP contribution is 2.20. The smallest absolute Gasteiger partial charge is 0.310 e. The molecule has 1 aromatic rings. The Morgan fingerprint density at radius 3 is 2.73 bits per heavy atom. The van der Waals surface area contributed by atoms with Crippen LogP contribution in [0.1, 0.15) is 26.2 Å². The predicted octanol–water partition coefficient (Wildman–Crippen LogP) is 3.19. The van der Waals surface area contributed by atoms with Gasteiger partial charge in [-0.15, -0.1) is 0 Å². The highest BCUT2D eigenvalue weighted by Gasteiger charge is 2.25. The molecule has 0 aromatic heterocycles. The quantitative estimate of drug-likeness (QED) is 0.686. The van der Waals surface area contributed by atoms with E-state index in [0.29, 0.717) is 18.9 Å². The molecule has 1 aliphatic rings. The van der Waals surface area contributed by atoms with Gasteiger partial charge in [0.1, 0.15) is 11.6 Å². The number of carbonyl (C=O) groups excluding carboxylic acids is 2. The Kier molecular flexibility index (Phi) is 5.25. The summed E-state index contributed by atoms with van der Waals surface area (Å²) in [5, 5.41) is 2.27. The van der Waals surface area contributed by atoms with E-state index in [1.165, 1.54) is 6.92 Å². The number of anilines is 1. The van der Waals surface area contributed by atoms with Gasteiger partial charge in [0.05, 0.1) is 11.6 Å². The SMILES string of the molecule is C[C@H](OC(=O)[C@@H]1CC=CCC1)C(=O)Nc1ccc(F)cc1F. The van der Waals surface area contributed by atoms with Crippen LogP contribution in [-0.2, 0) is 14.3 Å². The number of halogens is 2. The van der Waals surface area contributed by atoms with Crippen molar-refractivity contribution in [2.24, 2.45) is 5.92 Å². The largest absolute Gasteiger partial charge is 0.452 e. The maximum atomic E-state index is 13.5. The number of nitrogens with one attached hydrogen (secondary N) is 1. The molecule has 118 valence electrons. The summed E-state index contributed by atoms with van der Waals surface area (Å²) in [6.07, 6.45) is 4.95. The number of carbonyl (C=O) groups is 2. The first-order valence-electron chi connectivity index (χ1n) is 7.09. The summed E-state index contributed by atoms with van der Waals surface area (Å²) in [5.74, 6) is -2.97. The van der Waals surface area contributed by atoms with Gasteiger partial charge in [-0.05, 0) is 38.3 Å². The molecule has 1 aliphatic carbocycles. The molecule has 0 fully saturated rings. The monoisotopic (exact) mass is 309 g/mol. The number of benzene rings is 1. The standard InChI is InChI=1S/C16H17F2NO3/c1-10(22-16(21)11-5-3-2-4-6-11)15(20)19-14-8-7-12(17)9-13(14)18/h2-3,7-11H,4-6H2,1H3,(H,19,20)/t10-,11+/m0/s1. The molecular weight excluding hydrogens is 292 g/mol. The van der Waals surface area contributed by atoms with Crippen LogP contribution in [0.4, 0.5) is 14.5 Å². The van der Waals surface area contributed by atoms with Gasteiger partial charge in [-0.3, -0.25) is 9.59 Å². The second kappa shape index (κ2) is 7.15. The molecule has 0 heterocycles. The number of esters is 1. The Labute approximate surface area is 127 Å². The minimum atomic E-state index is -1.05. The molecule has 2 atom stereocenters. The molecule has 0 unspecified atom stereocenters. The molecule has 4 nitrogen and oxygen atoms in total. The van der Waals surface area contributed by atoms with Crippen LogP contribution in [0.2, 0.25) is 0 Å². The third kappa shape index (κ3) is 4.13. The number of hydrogen-bond acceptors (Lipinski definition) is 3. The molecule has 1 aromatic carbocycles. The van der Waals surface area contributed by atoms with E-state index >= 15 is 0 Å². The summed E-state index contributed by atoms with van der Waals surface area (Å²) >= 11 is 0. The first-order chi connectivity index (χ1) is 10.5. The zero-order valence-corrected chi connectivity index (χ0v) is 12.1. The van der Waals surface area contributed by atoms with Crippen LogP contribution in [0.25, 0.3) is 0 Å². The fourth-order valence-electron chi connectivity index (χ4n) is 2.16. The molecule has 1 amide bonds. The van der Waals surface area contributed by atoms with Gasteiger partial charge in [0.2, 0.25) is 0 Å². The zero-order chi connectivity index (χ0) is 16.1. The minimum Gasteiger partial charge on any atom is -0.452 e. The minimum absolute atomic E-state index is 0.158. The number of hydrogen-bond donors (Lipinski definition) is 1. The summed E-state index contributed by atoms with van der Waals surface area (Å²) in [4.78, 5) is 23.8. The van der Waals surface area contributed by atoms with Gasteiger partial charge in [0.15, 0.2) is 6.10 Å². The van der Waals surface area contributed by atoms with Crippen molar-refractivity contribution in [2.45, 2.75) is 32.3 Å². The van der Waals surface area contributed by atoms with E-state index in [-0.39, 0.29) is 11.6 Å². The van der Waals surface area contributed by atoms with Crippen molar-refractivity contribution in [3.05, 3.63) is 42.0 Å². The van der Waals surface area contributed by atoms with Gasteiger partial charge in [0, 0.05) is 6.07 Å². The second-order valence-electron chi connectivity index (χ2n) is 5.17. The Bertz CT molecular complexity index is 601. The molecule has 1 N–H and O–H groups in total. The van der Waals surface area contributed by atoms with Crippen molar-refractivity contribution in [2.75, 3.05) is 5.32 Å². The average molecular weight is 309 g/mol. The van der Waals surface area contributed by atoms with Gasteiger partial charge in [-0.2, -0.15) is 0 Å². The van der Waals surface area contributed by atoms with Gasteiger partial charge >= 0.3 is 5.97 Å². The third-order valence-corrected chi connectivity index (χ3v) is 3.45. The highest BCUT2D eigenvalue weighted by atomic mass is 19.1. The molecule has 2 rings (SSSR count). The fraction of sp³-hybridized carbons (Fsp3) is 0.375. The number of allylic oxidation sites excluding steroid dienone is 2. The number of amides is 1. The molecule has 0 bridgehead atoms. The molecule has 0 saturated carbocycles. The predicted molar refractivity (Wildman–Crippen MR) is 77.0 cm³/mol. The molecule has 22 heavy (non-hydrogen) atoms. The van der Waals surface area contributed by atoms with Gasteiger partial charge in [-0.1, -0.05) is 12.2 Å². The Balaban J connectivity index is 1.91. The van der Waals surface area contributed by atoms with Gasteiger partial charge < -0.3 is 10.1 Å². The normalized spacial score (nSPS) is 18.6. The van der Waals surface area contributed by atoms with E-state index in [9.17, 15) is 18.4 Å². The van der Waals surface area contributed by atoms with Crippen molar-refractivity contribution >= 4 is 17.6 Å². The first-order valence-corrected chi connectivity index (χ1v) is 7.09. The highest BCUT2D eigenvalue weighted by molar-refractivity contribution is 5.95. The van der Waals surface area contributed by atoms with E-state index in [1.54, 1.807) is 0 Å². The lowest BCUT2D eigenvalue weighted by atomic mass is 9.95. The van der Waals surface area contributed by atoms with Crippen molar-refractivity contribution in [1.82, 2.24) is 0 Å². The lowest BCUT2D eigenvalue weighted by Crippen LogP contribution is -2.32. The average Bonchev–Trinajstić information content (AvgIpc) is 2.50. The summed E-state index contributed by atoms with van der Waals surface area (Å²) in [5.41, 5.74) is -0.158. The Morgan fingerprint density at radius 2 is 2.09 bits per heavy atom. The summed E-state index contributed by atoms with van der Waals surface area (Å²) < 4.78 is 31.4. The first kappa shape index (κ1) is 16.1. The lowest BCUT2D eigenvalue weighted by molar-refractivity contribution is -0.157. The van der Waals surface area contributed by atoms with Gasteiger partial charge in [-0.25, -0.2) is 8.78 Å². The molecule has 0 aliphatic heterocycles. The maximum absolute atomic E-state index is 13.5. The number of ether oxygens (including phenoxy) is 1. The van der Waals surface area contributed by atoms with E-state index < -0.39 is 29.6 Å². The summed E-state index contributed by atoms with van der Waals surface area (Å²) in [7, 11) is 0. The van der Waals surface area contributed by atoms with E-state index in [1.807, 2.05) is 12.2 Å². The topological polar surface area (TPSA) is 55.4 Å². The molecule has 0 spiro atoms. The van der Waals surface area contributed by atoms with E-state index in [2.05, 4.69) is 5.32 Å². The molecule has 6 heteroatoms. The van der Waals surface area contributed by atoms with Crippen LogP contribution in [-0.4, -0.2) is 18.0 Å². The molecule has 0 saturated heterocycles. The van der Waals surface area contributed by atoms with Crippen LogP contribution < -0.4 is 5.32 Å². The van der Waals surface area contributed by atoms with Crippen molar-refractivity contribution in [3.8, 4) is 0 Å². The summed E-state index contributed by atoms with van der Waals surface area (Å²) in [6, 6.07) is 2.81. The van der Waals surface area contributed by atoms with Crippen molar-refractivity contribution < 1.29 is 23.1 Å². The fourth-order valence-corrected chi connectivity index (χ4v) is 2.16. The molecule has 0 radical (unpaired) electrons. The lowest BCUT2D eigenvalue weighted by Gasteiger charge is -2.19. The van der Waals surface area contributed by atoms with E-state index in [4.69, 9.17) is 4.74 Å². The van der Waals surface area contributed by atoms with Crippen molar-refractivity contribution in [1.29, 1.82) is 0 Å². The van der Waals surface area contributed by atoms with Crippen LogP contribution in [0.5, 0.6) is 0 Å². The van der Waals surface area contributed by atoms with E-state index in [0.717, 1.165) is 18.6 Å². The zero-order valence-electron chi connectivity index (χ0n) is 12.1. The van der Waals surface area contributed by atoms with Crippen molar-refractivity contribution in [3.63, 3.8) is 0 Å². The van der Waals surface area contributed by atoms with Crippen LogP contribution in [0.15, 0.2) is 30.4 Å². The summed E-state index contributed by atoms with van der Waals surface area (Å²) in [6.45, 7) is 1.41. The second-order valence-corrected chi connectivity index (χ2v) is 5.17. The third-order valence-electron chi connectivity index (χ3n) is 3.45. The van der Waals surface area contributed by atoms with Crippen LogP contribution in [0.3, 0.4) is 0 Å². The van der Waals surface area contributed by atoms with Crippen LogP contribution in [0, 0.1) is 17.6 Å². The molecular formula is C16H17F2NO3. The van der Waals surface area contributed by atoms with Crippen LogP contribution >= 0.6 is 0 Å².